The zero-order valence-electron chi connectivity index (χ0n) is 8.43. The molecule has 15 heavy (non-hydrogen) atoms. The van der Waals surface area contributed by atoms with E-state index in [4.69, 9.17) is 10.8 Å². The number of aromatic nitrogens is 2. The standard InChI is InChI=1S/C8H14N4O3/c1-5(3-2-4-13)10-8(14)6-7(9)12-15-11-6/h5,13H,2-4H2,1H3,(H2,9,12)(H,10,14). The molecule has 0 spiro atoms. The molecule has 1 amide bonds. The number of nitrogens with one attached hydrogen (secondary N) is 1. The Hall–Kier alpha value is -1.63. The normalized spacial score (nSPS) is 12.4. The van der Waals surface area contributed by atoms with E-state index >= 15 is 0 Å². The van der Waals surface area contributed by atoms with Crippen LogP contribution in [0.2, 0.25) is 0 Å². The fourth-order valence-electron chi connectivity index (χ4n) is 1.11. The van der Waals surface area contributed by atoms with Crippen molar-refractivity contribution in [3.05, 3.63) is 5.69 Å². The molecule has 84 valence electrons. The average Bonchev–Trinajstić information content (AvgIpc) is 2.61. The second kappa shape index (κ2) is 5.30. The molecule has 0 aliphatic carbocycles. The first-order valence-electron chi connectivity index (χ1n) is 4.65. The van der Waals surface area contributed by atoms with E-state index in [0.29, 0.717) is 12.8 Å². The molecule has 1 unspecified atom stereocenters. The molecule has 0 saturated carbocycles. The molecule has 1 aromatic rings. The number of nitrogens with two attached hydrogens (primary N) is 1. The number of hydrogen-bond donors (Lipinski definition) is 3. The van der Waals surface area contributed by atoms with Gasteiger partial charge in [-0.2, -0.15) is 0 Å². The maximum absolute atomic E-state index is 11.5. The largest absolute Gasteiger partial charge is 0.396 e. The Morgan fingerprint density at radius 2 is 2.40 bits per heavy atom. The summed E-state index contributed by atoms with van der Waals surface area (Å²) >= 11 is 0. The molecule has 0 aliphatic heterocycles. The first-order chi connectivity index (χ1) is 7.15. The maximum atomic E-state index is 11.5. The van der Waals surface area contributed by atoms with E-state index in [1.54, 1.807) is 0 Å². The van der Waals surface area contributed by atoms with Crippen LogP contribution in [0.25, 0.3) is 0 Å². The number of nitrogens with zero attached hydrogens (tertiary/aromatic N) is 2. The summed E-state index contributed by atoms with van der Waals surface area (Å²) in [6.07, 6.45) is 1.32. The molecule has 0 saturated heterocycles. The fraction of sp³-hybridized carbons (Fsp3) is 0.625. The summed E-state index contributed by atoms with van der Waals surface area (Å²) in [7, 11) is 0. The van der Waals surface area contributed by atoms with Gasteiger partial charge in [-0.25, -0.2) is 4.63 Å². The minimum Gasteiger partial charge on any atom is -0.396 e. The Morgan fingerprint density at radius 3 is 2.93 bits per heavy atom. The number of amides is 1. The molecule has 1 aromatic heterocycles. The molecular weight excluding hydrogens is 200 g/mol. The lowest BCUT2D eigenvalue weighted by Crippen LogP contribution is -2.33. The van der Waals surface area contributed by atoms with E-state index in [9.17, 15) is 4.79 Å². The van der Waals surface area contributed by atoms with Crippen molar-refractivity contribution in [2.75, 3.05) is 12.3 Å². The van der Waals surface area contributed by atoms with Gasteiger partial charge in [0.1, 0.15) is 0 Å². The second-order valence-electron chi connectivity index (χ2n) is 3.24. The number of carbonyl (C=O) groups is 1. The molecule has 7 nitrogen and oxygen atoms in total. The van der Waals surface area contributed by atoms with Crippen molar-refractivity contribution in [2.24, 2.45) is 0 Å². The van der Waals surface area contributed by atoms with E-state index in [1.165, 1.54) is 0 Å². The van der Waals surface area contributed by atoms with Gasteiger partial charge in [-0.1, -0.05) is 0 Å². The number of rotatable bonds is 5. The molecule has 0 bridgehead atoms. The first-order valence-corrected chi connectivity index (χ1v) is 4.65. The summed E-state index contributed by atoms with van der Waals surface area (Å²) in [5.41, 5.74) is 5.34. The minimum atomic E-state index is -0.417. The number of nitrogen functional groups attached to an aromatic ring is 1. The van der Waals surface area contributed by atoms with Gasteiger partial charge in [-0.15, -0.1) is 0 Å². The van der Waals surface area contributed by atoms with Gasteiger partial charge in [0.2, 0.25) is 11.5 Å². The average molecular weight is 214 g/mol. The van der Waals surface area contributed by atoms with E-state index in [2.05, 4.69) is 20.3 Å². The summed E-state index contributed by atoms with van der Waals surface area (Å²) < 4.78 is 4.30. The lowest BCUT2D eigenvalue weighted by Gasteiger charge is -2.11. The monoisotopic (exact) mass is 214 g/mol. The van der Waals surface area contributed by atoms with Gasteiger partial charge in [0.05, 0.1) is 0 Å². The summed E-state index contributed by atoms with van der Waals surface area (Å²) in [5, 5.41) is 17.9. The van der Waals surface area contributed by atoms with E-state index in [0.717, 1.165) is 0 Å². The summed E-state index contributed by atoms with van der Waals surface area (Å²) in [5.74, 6) is -0.443. The van der Waals surface area contributed by atoms with Crippen LogP contribution in [0.1, 0.15) is 30.3 Å². The van der Waals surface area contributed by atoms with Crippen LogP contribution in [0.5, 0.6) is 0 Å². The van der Waals surface area contributed by atoms with Crippen LogP contribution >= 0.6 is 0 Å². The van der Waals surface area contributed by atoms with Gasteiger partial charge in [-0.3, -0.25) is 4.79 Å². The smallest absolute Gasteiger partial charge is 0.277 e. The molecule has 0 aromatic carbocycles. The third-order valence-electron chi connectivity index (χ3n) is 1.90. The molecule has 1 heterocycles. The molecule has 4 N–H and O–H groups in total. The zero-order valence-corrected chi connectivity index (χ0v) is 8.43. The number of aliphatic hydroxyl groups is 1. The van der Waals surface area contributed by atoms with Crippen molar-refractivity contribution in [1.29, 1.82) is 0 Å². The SMILES string of the molecule is CC(CCCO)NC(=O)c1nonc1N. The number of anilines is 1. The number of hydrogen-bond acceptors (Lipinski definition) is 6. The Morgan fingerprint density at radius 1 is 1.67 bits per heavy atom. The Labute approximate surface area is 86.6 Å². The molecule has 7 heteroatoms. The van der Waals surface area contributed by atoms with Crippen molar-refractivity contribution >= 4 is 11.7 Å². The summed E-state index contributed by atoms with van der Waals surface area (Å²) in [4.78, 5) is 11.5. The van der Waals surface area contributed by atoms with Crippen LogP contribution in [0.4, 0.5) is 5.82 Å². The number of aliphatic hydroxyl groups excluding tert-OH is 1. The molecule has 1 rings (SSSR count). The lowest BCUT2D eigenvalue weighted by molar-refractivity contribution is 0.0927. The van der Waals surface area contributed by atoms with Crippen molar-refractivity contribution in [3.8, 4) is 0 Å². The second-order valence-corrected chi connectivity index (χ2v) is 3.24. The van der Waals surface area contributed by atoms with E-state index in [-0.39, 0.29) is 24.2 Å². The van der Waals surface area contributed by atoms with Gasteiger partial charge in [0.25, 0.3) is 5.91 Å². The number of carbonyl (C=O) groups excluding carboxylic acids is 1. The van der Waals surface area contributed by atoms with E-state index in [1.807, 2.05) is 6.92 Å². The van der Waals surface area contributed by atoms with Crippen LogP contribution in [-0.2, 0) is 0 Å². The van der Waals surface area contributed by atoms with Gasteiger partial charge in [0, 0.05) is 12.6 Å². The van der Waals surface area contributed by atoms with Gasteiger partial charge in [-0.05, 0) is 30.1 Å². The van der Waals surface area contributed by atoms with Gasteiger partial charge < -0.3 is 16.2 Å². The molecular formula is C8H14N4O3. The fourth-order valence-corrected chi connectivity index (χ4v) is 1.11. The quantitative estimate of drug-likeness (QED) is 0.611. The summed E-state index contributed by atoms with van der Waals surface area (Å²) in [6.45, 7) is 1.94. The Balaban J connectivity index is 2.46. The highest BCUT2D eigenvalue weighted by molar-refractivity contribution is 5.96. The minimum absolute atomic E-state index is 0.00847. The maximum Gasteiger partial charge on any atom is 0.277 e. The third-order valence-corrected chi connectivity index (χ3v) is 1.90. The Bertz CT molecular complexity index is 325. The predicted molar refractivity (Wildman–Crippen MR) is 52.0 cm³/mol. The molecule has 0 fully saturated rings. The van der Waals surface area contributed by atoms with Gasteiger partial charge in [0.15, 0.2) is 0 Å². The first kappa shape index (κ1) is 11.4. The topological polar surface area (TPSA) is 114 Å². The van der Waals surface area contributed by atoms with Crippen molar-refractivity contribution < 1.29 is 14.5 Å². The summed E-state index contributed by atoms with van der Waals surface area (Å²) in [6, 6.07) is -0.0549. The van der Waals surface area contributed by atoms with Crippen molar-refractivity contribution in [2.45, 2.75) is 25.8 Å². The highest BCUT2D eigenvalue weighted by Gasteiger charge is 2.17. The van der Waals surface area contributed by atoms with Crippen molar-refractivity contribution in [1.82, 2.24) is 15.6 Å². The molecule has 0 aliphatic rings. The lowest BCUT2D eigenvalue weighted by atomic mass is 10.2. The van der Waals surface area contributed by atoms with Crippen LogP contribution in [-0.4, -0.2) is 34.0 Å². The van der Waals surface area contributed by atoms with Crippen LogP contribution in [0.3, 0.4) is 0 Å². The van der Waals surface area contributed by atoms with Crippen LogP contribution < -0.4 is 11.1 Å². The van der Waals surface area contributed by atoms with Gasteiger partial charge >= 0.3 is 0 Å². The third kappa shape index (κ3) is 3.21. The Kier molecular flexibility index (Phi) is 4.04. The highest BCUT2D eigenvalue weighted by atomic mass is 16.6. The van der Waals surface area contributed by atoms with Crippen LogP contribution in [0, 0.1) is 0 Å². The van der Waals surface area contributed by atoms with E-state index < -0.39 is 5.91 Å². The zero-order chi connectivity index (χ0) is 11.3. The van der Waals surface area contributed by atoms with Crippen LogP contribution in [0.15, 0.2) is 4.63 Å². The predicted octanol–water partition coefficient (Wildman–Crippen LogP) is -0.457. The molecule has 1 atom stereocenters. The highest BCUT2D eigenvalue weighted by Crippen LogP contribution is 2.05. The van der Waals surface area contributed by atoms with Crippen molar-refractivity contribution in [3.63, 3.8) is 0 Å². The molecule has 0 radical (unpaired) electrons.